The summed E-state index contributed by atoms with van der Waals surface area (Å²) in [6.07, 6.45) is -3.12. The smallest absolute Gasteiger partial charge is 0.304 e. The first-order valence-electron chi connectivity index (χ1n) is 5.14. The van der Waals surface area contributed by atoms with E-state index in [-0.39, 0.29) is 11.4 Å². The molecule has 1 N–H and O–H groups in total. The molecule has 0 bridgehead atoms. The molecule has 0 amide bonds. The number of halogens is 6. The zero-order chi connectivity index (χ0) is 13.9. The van der Waals surface area contributed by atoms with E-state index in [1.807, 2.05) is 0 Å². The molecule has 1 rings (SSSR count). The van der Waals surface area contributed by atoms with Crippen LogP contribution in [0.2, 0.25) is 0 Å². The SMILES string of the molecule is CCCNC(c1cc(Br)c(Br)s1)C(F)(F)C(F)F. The minimum Gasteiger partial charge on any atom is -0.304 e. The lowest BCUT2D eigenvalue weighted by Crippen LogP contribution is -2.42. The quantitative estimate of drug-likeness (QED) is 0.632. The van der Waals surface area contributed by atoms with E-state index in [4.69, 9.17) is 0 Å². The van der Waals surface area contributed by atoms with E-state index >= 15 is 0 Å². The van der Waals surface area contributed by atoms with Gasteiger partial charge in [-0.3, -0.25) is 0 Å². The van der Waals surface area contributed by atoms with E-state index < -0.39 is 18.4 Å². The summed E-state index contributed by atoms with van der Waals surface area (Å²) in [6.45, 7) is 2.03. The molecule has 0 saturated heterocycles. The van der Waals surface area contributed by atoms with Crippen LogP contribution in [0.25, 0.3) is 0 Å². The van der Waals surface area contributed by atoms with Crippen molar-refractivity contribution in [3.8, 4) is 0 Å². The lowest BCUT2D eigenvalue weighted by Gasteiger charge is -2.26. The van der Waals surface area contributed by atoms with Gasteiger partial charge in [0.15, 0.2) is 0 Å². The van der Waals surface area contributed by atoms with Crippen molar-refractivity contribution in [2.45, 2.75) is 31.7 Å². The van der Waals surface area contributed by atoms with Crippen molar-refractivity contribution < 1.29 is 17.6 Å². The van der Waals surface area contributed by atoms with Crippen LogP contribution in [0.5, 0.6) is 0 Å². The number of alkyl halides is 4. The molecule has 1 aromatic rings. The Hall–Kier alpha value is 0.340. The molecule has 0 aromatic carbocycles. The van der Waals surface area contributed by atoms with Crippen molar-refractivity contribution in [3.05, 3.63) is 19.2 Å². The first-order valence-corrected chi connectivity index (χ1v) is 7.55. The van der Waals surface area contributed by atoms with E-state index in [1.54, 1.807) is 6.92 Å². The molecule has 1 aromatic heterocycles. The summed E-state index contributed by atoms with van der Waals surface area (Å²) in [5, 5.41) is 2.49. The first-order chi connectivity index (χ1) is 8.30. The third-order valence-corrected chi connectivity index (χ3v) is 5.54. The molecule has 104 valence electrons. The average Bonchev–Trinajstić information content (AvgIpc) is 2.59. The molecular formula is C10H11Br2F4NS. The van der Waals surface area contributed by atoms with Gasteiger partial charge in [-0.2, -0.15) is 8.78 Å². The molecule has 0 aliphatic rings. The van der Waals surface area contributed by atoms with Gasteiger partial charge >= 0.3 is 12.3 Å². The summed E-state index contributed by atoms with van der Waals surface area (Å²) < 4.78 is 53.2. The van der Waals surface area contributed by atoms with Crippen molar-refractivity contribution in [2.24, 2.45) is 0 Å². The third-order valence-electron chi connectivity index (χ3n) is 2.22. The highest BCUT2D eigenvalue weighted by Crippen LogP contribution is 2.43. The Morgan fingerprint density at radius 1 is 1.39 bits per heavy atom. The van der Waals surface area contributed by atoms with Crippen LogP contribution in [0.4, 0.5) is 17.6 Å². The van der Waals surface area contributed by atoms with Crippen molar-refractivity contribution in [3.63, 3.8) is 0 Å². The molecule has 0 fully saturated rings. The fourth-order valence-corrected chi connectivity index (χ4v) is 3.56. The Morgan fingerprint density at radius 3 is 2.39 bits per heavy atom. The van der Waals surface area contributed by atoms with Crippen LogP contribution < -0.4 is 5.32 Å². The van der Waals surface area contributed by atoms with Crippen LogP contribution in [0.1, 0.15) is 24.3 Å². The summed E-state index contributed by atoms with van der Waals surface area (Å²) in [6, 6.07) is -0.247. The van der Waals surface area contributed by atoms with E-state index in [0.29, 0.717) is 14.7 Å². The number of hydrogen-bond acceptors (Lipinski definition) is 2. The van der Waals surface area contributed by atoms with Gasteiger partial charge in [-0.1, -0.05) is 6.92 Å². The fourth-order valence-electron chi connectivity index (χ4n) is 1.35. The molecule has 1 nitrogen and oxygen atoms in total. The number of hydrogen-bond donors (Lipinski definition) is 1. The molecule has 0 aliphatic heterocycles. The van der Waals surface area contributed by atoms with Crippen LogP contribution in [0, 0.1) is 0 Å². The maximum Gasteiger partial charge on any atom is 0.327 e. The van der Waals surface area contributed by atoms with E-state index in [9.17, 15) is 17.6 Å². The summed E-state index contributed by atoms with van der Waals surface area (Å²) >= 11 is 7.34. The van der Waals surface area contributed by atoms with Crippen LogP contribution in [0.15, 0.2) is 14.3 Å². The third kappa shape index (κ3) is 3.68. The summed E-state index contributed by atoms with van der Waals surface area (Å²) in [5.41, 5.74) is 0. The highest BCUT2D eigenvalue weighted by molar-refractivity contribution is 9.13. The number of thiophene rings is 1. The monoisotopic (exact) mass is 411 g/mol. The van der Waals surface area contributed by atoms with Gasteiger partial charge in [0, 0.05) is 9.35 Å². The van der Waals surface area contributed by atoms with Crippen molar-refractivity contribution in [1.82, 2.24) is 5.32 Å². The predicted octanol–water partition coefficient (Wildman–Crippen LogP) is 5.21. The van der Waals surface area contributed by atoms with Crippen molar-refractivity contribution in [1.29, 1.82) is 0 Å². The van der Waals surface area contributed by atoms with Gasteiger partial charge in [-0.25, -0.2) is 8.78 Å². The zero-order valence-corrected chi connectivity index (χ0v) is 13.3. The highest BCUT2D eigenvalue weighted by atomic mass is 79.9. The maximum absolute atomic E-state index is 13.5. The summed E-state index contributed by atoms with van der Waals surface area (Å²) in [5.74, 6) is -4.10. The fraction of sp³-hybridized carbons (Fsp3) is 0.600. The van der Waals surface area contributed by atoms with Crippen LogP contribution in [0.3, 0.4) is 0 Å². The molecule has 0 aliphatic carbocycles. The second-order valence-corrected chi connectivity index (χ2v) is 6.89. The summed E-state index contributed by atoms with van der Waals surface area (Å²) in [7, 11) is 0. The number of nitrogens with one attached hydrogen (secondary N) is 1. The molecule has 0 radical (unpaired) electrons. The second-order valence-electron chi connectivity index (χ2n) is 3.63. The maximum atomic E-state index is 13.5. The van der Waals surface area contributed by atoms with Gasteiger partial charge in [0.25, 0.3) is 0 Å². The minimum atomic E-state index is -4.10. The zero-order valence-electron chi connectivity index (χ0n) is 9.32. The molecule has 0 spiro atoms. The Morgan fingerprint density at radius 2 is 2.00 bits per heavy atom. The standard InChI is InChI=1S/C10H11Br2F4NS/c1-2-3-17-7(10(15,16)9(13)14)6-4-5(11)8(12)18-6/h4,7,9,17H,2-3H2,1H3. The van der Waals surface area contributed by atoms with Gasteiger partial charge in [0.2, 0.25) is 0 Å². The molecule has 8 heteroatoms. The minimum absolute atomic E-state index is 0.174. The van der Waals surface area contributed by atoms with Gasteiger partial charge < -0.3 is 5.32 Å². The largest absolute Gasteiger partial charge is 0.327 e. The highest BCUT2D eigenvalue weighted by Gasteiger charge is 2.49. The lowest BCUT2D eigenvalue weighted by atomic mass is 10.1. The van der Waals surface area contributed by atoms with Gasteiger partial charge in [-0.05, 0) is 50.9 Å². The molecular weight excluding hydrogens is 402 g/mol. The van der Waals surface area contributed by atoms with Gasteiger partial charge in [0.1, 0.15) is 6.04 Å². The van der Waals surface area contributed by atoms with Gasteiger partial charge in [-0.15, -0.1) is 11.3 Å². The van der Waals surface area contributed by atoms with Gasteiger partial charge in [0.05, 0.1) is 3.79 Å². The lowest BCUT2D eigenvalue weighted by molar-refractivity contribution is -0.150. The Bertz CT molecular complexity index is 378. The number of rotatable bonds is 6. The normalized spacial score (nSPS) is 14.2. The molecule has 0 saturated carbocycles. The second kappa shape index (κ2) is 6.67. The average molecular weight is 413 g/mol. The molecule has 1 atom stereocenters. The Balaban J connectivity index is 3.05. The van der Waals surface area contributed by atoms with Crippen molar-refractivity contribution in [2.75, 3.05) is 6.54 Å². The van der Waals surface area contributed by atoms with Crippen LogP contribution in [-0.2, 0) is 0 Å². The topological polar surface area (TPSA) is 12.0 Å². The predicted molar refractivity (Wildman–Crippen MR) is 71.7 cm³/mol. The van der Waals surface area contributed by atoms with Crippen molar-refractivity contribution >= 4 is 43.2 Å². The molecule has 1 heterocycles. The first kappa shape index (κ1) is 16.4. The summed E-state index contributed by atoms with van der Waals surface area (Å²) in [4.78, 5) is 0.174. The Kier molecular flexibility index (Phi) is 6.08. The Labute approximate surface area is 123 Å². The van der Waals surface area contributed by atoms with E-state index in [0.717, 1.165) is 11.3 Å². The van der Waals surface area contributed by atoms with E-state index in [2.05, 4.69) is 37.2 Å². The van der Waals surface area contributed by atoms with Crippen LogP contribution in [-0.4, -0.2) is 18.9 Å². The molecule has 18 heavy (non-hydrogen) atoms. The molecule has 1 unspecified atom stereocenters. The van der Waals surface area contributed by atoms with E-state index in [1.165, 1.54) is 6.07 Å². The van der Waals surface area contributed by atoms with Crippen LogP contribution >= 0.6 is 43.2 Å².